The molecule has 22 heavy (non-hydrogen) atoms. The Labute approximate surface area is 129 Å². The fourth-order valence-electron chi connectivity index (χ4n) is 1.97. The minimum Gasteiger partial charge on any atom is -0.302 e. The van der Waals surface area contributed by atoms with E-state index in [0.29, 0.717) is 16.6 Å². The van der Waals surface area contributed by atoms with E-state index in [1.807, 2.05) is 12.1 Å². The number of nitrogens with zero attached hydrogens (tertiary/aromatic N) is 2. The number of benzene rings is 1. The molecule has 0 radical (unpaired) electrons. The fourth-order valence-corrected chi connectivity index (χ4v) is 2.09. The minimum atomic E-state index is -4.40. The van der Waals surface area contributed by atoms with Crippen LogP contribution in [-0.2, 0) is 6.18 Å². The van der Waals surface area contributed by atoms with Gasteiger partial charge < -0.3 is 5.43 Å². The van der Waals surface area contributed by atoms with E-state index in [2.05, 4.69) is 20.8 Å². The highest BCUT2D eigenvalue weighted by Gasteiger charge is 2.31. The topological polar surface area (TPSA) is 49.3 Å². The van der Waals surface area contributed by atoms with Gasteiger partial charge in [-0.25, -0.2) is 10.4 Å². The molecule has 2 aromatic rings. The lowest BCUT2D eigenvalue weighted by Gasteiger charge is -2.07. The van der Waals surface area contributed by atoms with E-state index in [1.54, 1.807) is 12.1 Å². The van der Waals surface area contributed by atoms with E-state index < -0.39 is 11.7 Å². The summed E-state index contributed by atoms with van der Waals surface area (Å²) in [7, 11) is 0. The van der Waals surface area contributed by atoms with Gasteiger partial charge in [0.15, 0.2) is 5.84 Å². The Morgan fingerprint density at radius 3 is 2.36 bits per heavy atom. The quantitative estimate of drug-likeness (QED) is 0.890. The van der Waals surface area contributed by atoms with E-state index in [0.717, 1.165) is 17.8 Å². The molecule has 0 bridgehead atoms. The number of pyridine rings is 1. The molecule has 4 nitrogen and oxygen atoms in total. The highest BCUT2D eigenvalue weighted by Crippen LogP contribution is 2.28. The summed E-state index contributed by atoms with van der Waals surface area (Å²) in [6.07, 6.45) is -3.97. The second-order valence-corrected chi connectivity index (χ2v) is 5.07. The van der Waals surface area contributed by atoms with Crippen LogP contribution < -0.4 is 10.9 Å². The third-order valence-electron chi connectivity index (χ3n) is 3.10. The van der Waals surface area contributed by atoms with E-state index in [1.165, 1.54) is 6.07 Å². The van der Waals surface area contributed by atoms with Crippen molar-refractivity contribution in [3.8, 4) is 0 Å². The molecule has 3 rings (SSSR count). The SMILES string of the molecule is FC(F)(F)c1ccc(C2=NC(c3ccc(Cl)cc3)NN2)nc1. The molecule has 0 fully saturated rings. The van der Waals surface area contributed by atoms with Gasteiger partial charge in [0, 0.05) is 11.2 Å². The summed E-state index contributed by atoms with van der Waals surface area (Å²) in [5, 5.41) is 0.614. The van der Waals surface area contributed by atoms with E-state index in [9.17, 15) is 13.2 Å². The van der Waals surface area contributed by atoms with Crippen LogP contribution in [0.25, 0.3) is 0 Å². The van der Waals surface area contributed by atoms with Gasteiger partial charge in [-0.2, -0.15) is 13.2 Å². The van der Waals surface area contributed by atoms with E-state index in [-0.39, 0.29) is 6.17 Å². The third-order valence-corrected chi connectivity index (χ3v) is 3.36. The molecule has 8 heteroatoms. The number of halogens is 4. The number of hydrogen-bond acceptors (Lipinski definition) is 4. The van der Waals surface area contributed by atoms with Gasteiger partial charge >= 0.3 is 6.18 Å². The molecule has 1 aromatic carbocycles. The maximum absolute atomic E-state index is 12.5. The average molecular weight is 327 g/mol. The number of aliphatic imine (C=N–C) groups is 1. The maximum Gasteiger partial charge on any atom is 0.417 e. The number of aromatic nitrogens is 1. The first-order chi connectivity index (χ1) is 10.4. The van der Waals surface area contributed by atoms with Crippen molar-refractivity contribution in [1.29, 1.82) is 0 Å². The monoisotopic (exact) mass is 326 g/mol. The zero-order valence-corrected chi connectivity index (χ0v) is 11.8. The first-order valence-corrected chi connectivity index (χ1v) is 6.70. The molecule has 0 spiro atoms. The summed E-state index contributed by atoms with van der Waals surface area (Å²) in [4.78, 5) is 8.15. The molecule has 114 valence electrons. The van der Waals surface area contributed by atoms with Crippen LogP contribution in [0.2, 0.25) is 5.02 Å². The number of alkyl halides is 3. The Bertz CT molecular complexity index is 696. The molecule has 1 aromatic heterocycles. The van der Waals surface area contributed by atoms with E-state index >= 15 is 0 Å². The lowest BCUT2D eigenvalue weighted by atomic mass is 10.2. The van der Waals surface area contributed by atoms with Crippen LogP contribution in [0.3, 0.4) is 0 Å². The number of hydrogen-bond donors (Lipinski definition) is 2. The summed E-state index contributed by atoms with van der Waals surface area (Å²) in [5.74, 6) is 0.383. The van der Waals surface area contributed by atoms with Crippen molar-refractivity contribution >= 4 is 17.4 Å². The van der Waals surface area contributed by atoms with Crippen molar-refractivity contribution in [3.63, 3.8) is 0 Å². The number of rotatable bonds is 2. The molecule has 2 heterocycles. The minimum absolute atomic E-state index is 0.331. The zero-order valence-electron chi connectivity index (χ0n) is 11.0. The number of hydrazine groups is 1. The van der Waals surface area contributed by atoms with Crippen LogP contribution in [0.4, 0.5) is 13.2 Å². The van der Waals surface area contributed by atoms with Gasteiger partial charge in [-0.15, -0.1) is 0 Å². The van der Waals surface area contributed by atoms with Gasteiger partial charge in [0.25, 0.3) is 0 Å². The maximum atomic E-state index is 12.5. The van der Waals surface area contributed by atoms with E-state index in [4.69, 9.17) is 11.6 Å². The van der Waals surface area contributed by atoms with Crippen molar-refractivity contribution in [2.45, 2.75) is 12.3 Å². The molecule has 0 saturated heterocycles. The summed E-state index contributed by atoms with van der Waals surface area (Å²) in [6, 6.07) is 9.36. The lowest BCUT2D eigenvalue weighted by molar-refractivity contribution is -0.137. The summed E-state index contributed by atoms with van der Waals surface area (Å²) in [6.45, 7) is 0. The Morgan fingerprint density at radius 1 is 1.05 bits per heavy atom. The van der Waals surface area contributed by atoms with Crippen molar-refractivity contribution < 1.29 is 13.2 Å². The van der Waals surface area contributed by atoms with Gasteiger partial charge in [0.1, 0.15) is 11.9 Å². The summed E-state index contributed by atoms with van der Waals surface area (Å²) >= 11 is 5.82. The second kappa shape index (κ2) is 5.58. The summed E-state index contributed by atoms with van der Waals surface area (Å²) < 4.78 is 37.5. The van der Waals surface area contributed by atoms with Crippen LogP contribution in [0.5, 0.6) is 0 Å². The molecule has 0 saturated carbocycles. The highest BCUT2D eigenvalue weighted by molar-refractivity contribution is 6.30. The molecule has 0 amide bonds. The molecule has 1 aliphatic rings. The average Bonchev–Trinajstić information content (AvgIpc) is 2.97. The largest absolute Gasteiger partial charge is 0.417 e. The molecular weight excluding hydrogens is 317 g/mol. The zero-order chi connectivity index (χ0) is 15.7. The first-order valence-electron chi connectivity index (χ1n) is 6.32. The molecule has 2 N–H and O–H groups in total. The standard InChI is InChI=1S/C14H10ClF3N4/c15-10-4-1-8(2-5-10)12-20-13(22-21-12)11-6-3-9(7-19-11)14(16,17)18/h1-7,12,21H,(H,20,22). The lowest BCUT2D eigenvalue weighted by Crippen LogP contribution is -2.32. The number of nitrogens with one attached hydrogen (secondary N) is 2. The van der Waals surface area contributed by atoms with Crippen LogP contribution in [0.15, 0.2) is 47.6 Å². The van der Waals surface area contributed by atoms with Crippen molar-refractivity contribution in [2.75, 3.05) is 0 Å². The molecular formula is C14H10ClF3N4. The van der Waals surface area contributed by atoms with Gasteiger partial charge in [-0.05, 0) is 29.8 Å². The highest BCUT2D eigenvalue weighted by atomic mass is 35.5. The third kappa shape index (κ3) is 3.05. The Kier molecular flexibility index (Phi) is 3.76. The van der Waals surface area contributed by atoms with Crippen LogP contribution in [-0.4, -0.2) is 10.8 Å². The number of amidine groups is 1. The van der Waals surface area contributed by atoms with Crippen LogP contribution >= 0.6 is 11.6 Å². The van der Waals surface area contributed by atoms with Crippen molar-refractivity contribution in [3.05, 3.63) is 64.4 Å². The first kappa shape index (κ1) is 14.8. The van der Waals surface area contributed by atoms with Crippen molar-refractivity contribution in [2.24, 2.45) is 4.99 Å². The predicted molar refractivity (Wildman–Crippen MR) is 76.2 cm³/mol. The Morgan fingerprint density at radius 2 is 1.77 bits per heavy atom. The smallest absolute Gasteiger partial charge is 0.302 e. The molecule has 1 unspecified atom stereocenters. The van der Waals surface area contributed by atoms with Crippen molar-refractivity contribution in [1.82, 2.24) is 15.8 Å². The second-order valence-electron chi connectivity index (χ2n) is 4.63. The van der Waals surface area contributed by atoms with Crippen LogP contribution in [0.1, 0.15) is 23.0 Å². The normalized spacial score (nSPS) is 18.0. The predicted octanol–water partition coefficient (Wildman–Crippen LogP) is 3.31. The van der Waals surface area contributed by atoms with Gasteiger partial charge in [-0.3, -0.25) is 4.98 Å². The molecule has 1 atom stereocenters. The molecule has 0 aliphatic carbocycles. The Balaban J connectivity index is 1.81. The summed E-state index contributed by atoms with van der Waals surface area (Å²) in [5.41, 5.74) is 6.15. The van der Waals surface area contributed by atoms with Gasteiger partial charge in [-0.1, -0.05) is 23.7 Å². The fraction of sp³-hybridized carbons (Fsp3) is 0.143. The van der Waals surface area contributed by atoms with Gasteiger partial charge in [0.05, 0.1) is 5.56 Å². The van der Waals surface area contributed by atoms with Crippen LogP contribution in [0, 0.1) is 0 Å². The van der Waals surface area contributed by atoms with Gasteiger partial charge in [0.2, 0.25) is 0 Å². The Hall–Kier alpha value is -2.12. The molecule has 1 aliphatic heterocycles.